The molecule has 1 aliphatic heterocycles. The molecule has 1 aliphatic rings. The molecule has 0 radical (unpaired) electrons. The van der Waals surface area contributed by atoms with Crippen LogP contribution in [0.15, 0.2) is 30.3 Å². The zero-order chi connectivity index (χ0) is 12.8. The number of rotatable bonds is 5. The van der Waals surface area contributed by atoms with E-state index >= 15 is 0 Å². The second-order valence-corrected chi connectivity index (χ2v) is 5.82. The van der Waals surface area contributed by atoms with E-state index in [-0.39, 0.29) is 0 Å². The van der Waals surface area contributed by atoms with Gasteiger partial charge in [-0.25, -0.2) is 0 Å². The lowest BCUT2D eigenvalue weighted by Gasteiger charge is -2.44. The van der Waals surface area contributed by atoms with E-state index in [4.69, 9.17) is 0 Å². The molecule has 1 nitrogen and oxygen atoms in total. The molecule has 2 atom stereocenters. The van der Waals surface area contributed by atoms with Gasteiger partial charge in [-0.2, -0.15) is 0 Å². The van der Waals surface area contributed by atoms with Crippen molar-refractivity contribution in [3.63, 3.8) is 0 Å². The average molecular weight is 245 g/mol. The first-order valence-electron chi connectivity index (χ1n) is 7.55. The lowest BCUT2D eigenvalue weighted by molar-refractivity contribution is 0.0931. The highest BCUT2D eigenvalue weighted by Crippen LogP contribution is 2.42. The Morgan fingerprint density at radius 1 is 1.22 bits per heavy atom. The lowest BCUT2D eigenvalue weighted by atomic mass is 9.64. The standard InChI is InChI=1S/C17H27N/c1-3-8-16-14-18-12-11-17(16,4-2)13-15-9-6-5-7-10-15/h5-7,9-10,16,18H,3-4,8,11-14H2,1-2H3. The number of benzene rings is 1. The third kappa shape index (κ3) is 2.95. The maximum atomic E-state index is 3.59. The molecule has 0 aromatic heterocycles. The number of piperidine rings is 1. The molecule has 0 aliphatic carbocycles. The largest absolute Gasteiger partial charge is 0.316 e. The van der Waals surface area contributed by atoms with Crippen molar-refractivity contribution in [2.24, 2.45) is 11.3 Å². The summed E-state index contributed by atoms with van der Waals surface area (Å²) < 4.78 is 0. The summed E-state index contributed by atoms with van der Waals surface area (Å²) in [7, 11) is 0. The lowest BCUT2D eigenvalue weighted by Crippen LogP contribution is -2.46. The number of nitrogens with one attached hydrogen (secondary N) is 1. The average Bonchev–Trinajstić information content (AvgIpc) is 2.42. The minimum atomic E-state index is 0.530. The van der Waals surface area contributed by atoms with Crippen molar-refractivity contribution < 1.29 is 0 Å². The summed E-state index contributed by atoms with van der Waals surface area (Å²) >= 11 is 0. The molecule has 0 amide bonds. The predicted octanol–water partition coefficient (Wildman–Crippen LogP) is 4.04. The fourth-order valence-corrected chi connectivity index (χ4v) is 3.62. The van der Waals surface area contributed by atoms with E-state index in [0.29, 0.717) is 5.41 Å². The topological polar surface area (TPSA) is 12.0 Å². The Morgan fingerprint density at radius 2 is 2.00 bits per heavy atom. The van der Waals surface area contributed by atoms with Crippen LogP contribution in [0.4, 0.5) is 0 Å². The molecule has 2 rings (SSSR count). The van der Waals surface area contributed by atoms with Crippen LogP contribution in [-0.4, -0.2) is 13.1 Å². The van der Waals surface area contributed by atoms with E-state index in [1.54, 1.807) is 0 Å². The van der Waals surface area contributed by atoms with Crippen LogP contribution in [0.2, 0.25) is 0 Å². The van der Waals surface area contributed by atoms with Crippen molar-refractivity contribution in [2.45, 2.75) is 46.0 Å². The second kappa shape index (κ2) is 6.38. The van der Waals surface area contributed by atoms with E-state index in [0.717, 1.165) is 5.92 Å². The van der Waals surface area contributed by atoms with Crippen molar-refractivity contribution in [1.29, 1.82) is 0 Å². The summed E-state index contributed by atoms with van der Waals surface area (Å²) in [6.45, 7) is 7.11. The van der Waals surface area contributed by atoms with Crippen LogP contribution < -0.4 is 5.32 Å². The van der Waals surface area contributed by atoms with Crippen LogP contribution in [0.5, 0.6) is 0 Å². The van der Waals surface area contributed by atoms with Gasteiger partial charge < -0.3 is 5.32 Å². The SMILES string of the molecule is CCCC1CNCCC1(CC)Cc1ccccc1. The van der Waals surface area contributed by atoms with E-state index in [1.165, 1.54) is 50.8 Å². The number of hydrogen-bond donors (Lipinski definition) is 1. The van der Waals surface area contributed by atoms with Crippen molar-refractivity contribution in [3.05, 3.63) is 35.9 Å². The van der Waals surface area contributed by atoms with Crippen molar-refractivity contribution in [2.75, 3.05) is 13.1 Å². The highest BCUT2D eigenvalue weighted by Gasteiger charge is 2.38. The van der Waals surface area contributed by atoms with Gasteiger partial charge in [-0.05, 0) is 55.7 Å². The number of hydrogen-bond acceptors (Lipinski definition) is 1. The first-order chi connectivity index (χ1) is 8.80. The third-order valence-electron chi connectivity index (χ3n) is 4.80. The van der Waals surface area contributed by atoms with Crippen molar-refractivity contribution in [3.8, 4) is 0 Å². The normalized spacial score (nSPS) is 28.2. The third-order valence-corrected chi connectivity index (χ3v) is 4.80. The Morgan fingerprint density at radius 3 is 2.67 bits per heavy atom. The molecule has 0 spiro atoms. The zero-order valence-electron chi connectivity index (χ0n) is 11.9. The van der Waals surface area contributed by atoms with Gasteiger partial charge in [0.25, 0.3) is 0 Å². The Kier molecular flexibility index (Phi) is 4.82. The van der Waals surface area contributed by atoms with Crippen LogP contribution in [-0.2, 0) is 6.42 Å². The van der Waals surface area contributed by atoms with Crippen molar-refractivity contribution >= 4 is 0 Å². The summed E-state index contributed by atoms with van der Waals surface area (Å²) in [5, 5.41) is 3.59. The molecule has 1 heteroatoms. The van der Waals surface area contributed by atoms with Gasteiger partial charge in [-0.3, -0.25) is 0 Å². The van der Waals surface area contributed by atoms with Gasteiger partial charge in [-0.15, -0.1) is 0 Å². The maximum Gasteiger partial charge on any atom is -0.00151 e. The molecule has 1 aromatic carbocycles. The minimum Gasteiger partial charge on any atom is -0.316 e. The second-order valence-electron chi connectivity index (χ2n) is 5.82. The van der Waals surface area contributed by atoms with Gasteiger partial charge in [0.2, 0.25) is 0 Å². The quantitative estimate of drug-likeness (QED) is 0.825. The molecule has 2 unspecified atom stereocenters. The van der Waals surface area contributed by atoms with E-state index in [9.17, 15) is 0 Å². The van der Waals surface area contributed by atoms with Gasteiger partial charge in [0, 0.05) is 0 Å². The molecule has 100 valence electrons. The molecule has 1 N–H and O–H groups in total. The Labute approximate surface area is 112 Å². The molecular weight excluding hydrogens is 218 g/mol. The van der Waals surface area contributed by atoms with Crippen molar-refractivity contribution in [1.82, 2.24) is 5.32 Å². The van der Waals surface area contributed by atoms with E-state index < -0.39 is 0 Å². The summed E-state index contributed by atoms with van der Waals surface area (Å²) in [6, 6.07) is 11.1. The Balaban J connectivity index is 2.16. The van der Waals surface area contributed by atoms with Crippen LogP contribution in [0.25, 0.3) is 0 Å². The summed E-state index contributed by atoms with van der Waals surface area (Å²) in [5.41, 5.74) is 2.05. The highest BCUT2D eigenvalue weighted by atomic mass is 14.9. The first-order valence-corrected chi connectivity index (χ1v) is 7.55. The van der Waals surface area contributed by atoms with Crippen LogP contribution in [0.1, 0.15) is 45.1 Å². The maximum absolute atomic E-state index is 3.59. The zero-order valence-corrected chi connectivity index (χ0v) is 11.9. The Bertz CT molecular complexity index is 344. The van der Waals surface area contributed by atoms with Gasteiger partial charge in [0.15, 0.2) is 0 Å². The fourth-order valence-electron chi connectivity index (χ4n) is 3.62. The minimum absolute atomic E-state index is 0.530. The molecule has 1 heterocycles. The van der Waals surface area contributed by atoms with Gasteiger partial charge >= 0.3 is 0 Å². The molecule has 1 aromatic rings. The fraction of sp³-hybridized carbons (Fsp3) is 0.647. The van der Waals surface area contributed by atoms with Gasteiger partial charge in [0.05, 0.1) is 0 Å². The summed E-state index contributed by atoms with van der Waals surface area (Å²) in [4.78, 5) is 0. The summed E-state index contributed by atoms with van der Waals surface area (Å²) in [6.07, 6.45) is 6.59. The van der Waals surface area contributed by atoms with E-state index in [1.807, 2.05) is 0 Å². The first kappa shape index (κ1) is 13.6. The van der Waals surface area contributed by atoms with Crippen LogP contribution in [0.3, 0.4) is 0 Å². The molecular formula is C17H27N. The highest BCUT2D eigenvalue weighted by molar-refractivity contribution is 5.17. The van der Waals surface area contributed by atoms with Gasteiger partial charge in [0.1, 0.15) is 0 Å². The van der Waals surface area contributed by atoms with Crippen LogP contribution >= 0.6 is 0 Å². The predicted molar refractivity (Wildman–Crippen MR) is 78.8 cm³/mol. The smallest absolute Gasteiger partial charge is 0.00151 e. The Hall–Kier alpha value is -0.820. The monoisotopic (exact) mass is 245 g/mol. The van der Waals surface area contributed by atoms with Crippen LogP contribution in [0, 0.1) is 11.3 Å². The molecule has 1 saturated heterocycles. The molecule has 1 fully saturated rings. The van der Waals surface area contributed by atoms with Gasteiger partial charge in [-0.1, -0.05) is 50.6 Å². The molecule has 18 heavy (non-hydrogen) atoms. The summed E-state index contributed by atoms with van der Waals surface area (Å²) in [5.74, 6) is 0.849. The molecule has 0 bridgehead atoms. The van der Waals surface area contributed by atoms with E-state index in [2.05, 4.69) is 49.5 Å². The molecule has 0 saturated carbocycles.